The summed E-state index contributed by atoms with van der Waals surface area (Å²) in [4.78, 5) is 0. The van der Waals surface area contributed by atoms with Crippen LogP contribution in [-0.2, 0) is 5.41 Å². The van der Waals surface area contributed by atoms with Crippen molar-refractivity contribution in [2.24, 2.45) is 0 Å². The van der Waals surface area contributed by atoms with Crippen LogP contribution in [0.2, 0.25) is 0 Å². The second kappa shape index (κ2) is 9.36. The van der Waals surface area contributed by atoms with Gasteiger partial charge in [0.1, 0.15) is 18.1 Å². The predicted molar refractivity (Wildman–Crippen MR) is 106 cm³/mol. The van der Waals surface area contributed by atoms with E-state index >= 15 is 0 Å². The summed E-state index contributed by atoms with van der Waals surface area (Å²) in [7, 11) is 0. The Balaban J connectivity index is 1.74. The summed E-state index contributed by atoms with van der Waals surface area (Å²) in [6.45, 7) is 11.0. The number of rotatable bonds is 10. The maximum atomic E-state index is 5.82. The number of anilines is 1. The molecule has 1 N–H and O–H groups in total. The van der Waals surface area contributed by atoms with Gasteiger partial charge < -0.3 is 14.8 Å². The zero-order valence-electron chi connectivity index (χ0n) is 16.0. The molecule has 0 unspecified atom stereocenters. The third-order valence-corrected chi connectivity index (χ3v) is 4.55. The Morgan fingerprint density at radius 1 is 0.800 bits per heavy atom. The fourth-order valence-corrected chi connectivity index (χ4v) is 2.46. The summed E-state index contributed by atoms with van der Waals surface area (Å²) in [6, 6.07) is 16.5. The highest BCUT2D eigenvalue weighted by Crippen LogP contribution is 2.28. The molecule has 0 aliphatic carbocycles. The van der Waals surface area contributed by atoms with Crippen LogP contribution in [-0.4, -0.2) is 19.8 Å². The number of nitrogens with one attached hydrogen (secondary N) is 1. The van der Waals surface area contributed by atoms with Crippen LogP contribution in [0, 0.1) is 0 Å². The van der Waals surface area contributed by atoms with Crippen LogP contribution >= 0.6 is 0 Å². The maximum Gasteiger partial charge on any atom is 0.119 e. The molecule has 2 aromatic rings. The molecule has 0 amide bonds. The van der Waals surface area contributed by atoms with E-state index in [1.54, 1.807) is 0 Å². The lowest BCUT2D eigenvalue weighted by atomic mass is 9.82. The third-order valence-electron chi connectivity index (χ3n) is 4.55. The SMILES string of the molecule is CCCOc1ccc(NCCOc2ccc(C(C)(C)CC)cc2)cc1. The van der Waals surface area contributed by atoms with Crippen molar-refractivity contribution >= 4 is 5.69 Å². The standard InChI is InChI=1S/C22H31NO2/c1-5-16-24-21-13-9-19(10-14-21)23-15-17-25-20-11-7-18(8-12-20)22(3,4)6-2/h7-14,23H,5-6,15-17H2,1-4H3. The van der Waals surface area contributed by atoms with E-state index < -0.39 is 0 Å². The fraction of sp³-hybridized carbons (Fsp3) is 0.455. The molecule has 0 spiro atoms. The maximum absolute atomic E-state index is 5.82. The quantitative estimate of drug-likeness (QED) is 0.566. The number of benzene rings is 2. The predicted octanol–water partition coefficient (Wildman–Crippen LogP) is 5.65. The van der Waals surface area contributed by atoms with Crippen molar-refractivity contribution in [3.05, 3.63) is 54.1 Å². The molecule has 0 saturated heterocycles. The topological polar surface area (TPSA) is 30.5 Å². The van der Waals surface area contributed by atoms with Crippen molar-refractivity contribution in [1.82, 2.24) is 0 Å². The largest absolute Gasteiger partial charge is 0.494 e. The molecule has 136 valence electrons. The Bertz CT molecular complexity index is 617. The number of ether oxygens (including phenoxy) is 2. The molecule has 0 aliphatic heterocycles. The Kier molecular flexibility index (Phi) is 7.17. The Morgan fingerprint density at radius 2 is 1.36 bits per heavy atom. The summed E-state index contributed by atoms with van der Waals surface area (Å²) >= 11 is 0. The van der Waals surface area contributed by atoms with Gasteiger partial charge in [0.2, 0.25) is 0 Å². The summed E-state index contributed by atoms with van der Waals surface area (Å²) < 4.78 is 11.4. The lowest BCUT2D eigenvalue weighted by molar-refractivity contribution is 0.317. The van der Waals surface area contributed by atoms with Gasteiger partial charge in [-0.15, -0.1) is 0 Å². The van der Waals surface area contributed by atoms with E-state index in [0.717, 1.165) is 43.2 Å². The first-order valence-electron chi connectivity index (χ1n) is 9.25. The van der Waals surface area contributed by atoms with Crippen molar-refractivity contribution in [2.75, 3.05) is 25.1 Å². The highest BCUT2D eigenvalue weighted by molar-refractivity contribution is 5.46. The highest BCUT2D eigenvalue weighted by atomic mass is 16.5. The summed E-state index contributed by atoms with van der Waals surface area (Å²) in [5.74, 6) is 1.83. The highest BCUT2D eigenvalue weighted by Gasteiger charge is 2.17. The van der Waals surface area contributed by atoms with E-state index in [1.165, 1.54) is 5.56 Å². The normalized spacial score (nSPS) is 11.2. The van der Waals surface area contributed by atoms with Gasteiger partial charge in [0.05, 0.1) is 6.61 Å². The van der Waals surface area contributed by atoms with Crippen LogP contribution in [0.1, 0.15) is 46.1 Å². The Morgan fingerprint density at radius 3 is 1.92 bits per heavy atom. The molecular formula is C22H31NO2. The fourth-order valence-electron chi connectivity index (χ4n) is 2.46. The minimum absolute atomic E-state index is 0.215. The minimum Gasteiger partial charge on any atom is -0.494 e. The van der Waals surface area contributed by atoms with Crippen LogP contribution in [0.5, 0.6) is 11.5 Å². The van der Waals surface area contributed by atoms with Crippen LogP contribution in [0.15, 0.2) is 48.5 Å². The minimum atomic E-state index is 0.215. The average molecular weight is 341 g/mol. The van der Waals surface area contributed by atoms with Crippen molar-refractivity contribution in [1.29, 1.82) is 0 Å². The summed E-state index contributed by atoms with van der Waals surface area (Å²) in [5, 5.41) is 3.36. The molecule has 3 heteroatoms. The molecule has 2 aromatic carbocycles. The first-order chi connectivity index (χ1) is 12.0. The Hall–Kier alpha value is -2.16. The van der Waals surface area contributed by atoms with Gasteiger partial charge in [-0.2, -0.15) is 0 Å². The molecule has 0 bridgehead atoms. The van der Waals surface area contributed by atoms with Gasteiger partial charge in [-0.1, -0.05) is 39.8 Å². The smallest absolute Gasteiger partial charge is 0.119 e. The van der Waals surface area contributed by atoms with Crippen LogP contribution in [0.25, 0.3) is 0 Å². The van der Waals surface area contributed by atoms with E-state index in [4.69, 9.17) is 9.47 Å². The number of hydrogen-bond acceptors (Lipinski definition) is 3. The molecule has 2 rings (SSSR count). The second-order valence-electron chi connectivity index (χ2n) is 6.91. The van der Waals surface area contributed by atoms with E-state index in [0.29, 0.717) is 6.61 Å². The van der Waals surface area contributed by atoms with Crippen molar-refractivity contribution in [2.45, 2.75) is 46.0 Å². The van der Waals surface area contributed by atoms with Gasteiger partial charge >= 0.3 is 0 Å². The van der Waals surface area contributed by atoms with Crippen molar-refractivity contribution in [3.8, 4) is 11.5 Å². The van der Waals surface area contributed by atoms with E-state index in [1.807, 2.05) is 24.3 Å². The molecule has 0 aliphatic rings. The summed E-state index contributed by atoms with van der Waals surface area (Å²) in [5.41, 5.74) is 2.64. The molecule has 0 saturated carbocycles. The molecule has 0 radical (unpaired) electrons. The second-order valence-corrected chi connectivity index (χ2v) is 6.91. The van der Waals surface area contributed by atoms with E-state index in [9.17, 15) is 0 Å². The molecule has 0 fully saturated rings. The van der Waals surface area contributed by atoms with Crippen LogP contribution in [0.3, 0.4) is 0 Å². The molecule has 3 nitrogen and oxygen atoms in total. The zero-order chi connectivity index (χ0) is 18.1. The van der Waals surface area contributed by atoms with Gasteiger partial charge in [-0.3, -0.25) is 0 Å². The van der Waals surface area contributed by atoms with Gasteiger partial charge in [-0.25, -0.2) is 0 Å². The Labute approximate surface area is 152 Å². The lowest BCUT2D eigenvalue weighted by Gasteiger charge is -2.23. The molecule has 0 heterocycles. The van der Waals surface area contributed by atoms with E-state index in [-0.39, 0.29) is 5.41 Å². The van der Waals surface area contributed by atoms with E-state index in [2.05, 4.69) is 57.3 Å². The molecule has 0 atom stereocenters. The monoisotopic (exact) mass is 341 g/mol. The van der Waals surface area contributed by atoms with Crippen molar-refractivity contribution < 1.29 is 9.47 Å². The van der Waals surface area contributed by atoms with Gasteiger partial charge in [-0.05, 0) is 60.2 Å². The first-order valence-corrected chi connectivity index (χ1v) is 9.25. The van der Waals surface area contributed by atoms with Crippen LogP contribution < -0.4 is 14.8 Å². The first kappa shape index (κ1) is 19.2. The molecule has 25 heavy (non-hydrogen) atoms. The third kappa shape index (κ3) is 6.00. The van der Waals surface area contributed by atoms with Gasteiger partial charge in [0.25, 0.3) is 0 Å². The number of hydrogen-bond donors (Lipinski definition) is 1. The average Bonchev–Trinajstić information content (AvgIpc) is 2.65. The van der Waals surface area contributed by atoms with Crippen molar-refractivity contribution in [3.63, 3.8) is 0 Å². The van der Waals surface area contributed by atoms with Crippen LogP contribution in [0.4, 0.5) is 5.69 Å². The summed E-state index contributed by atoms with van der Waals surface area (Å²) in [6.07, 6.45) is 2.15. The van der Waals surface area contributed by atoms with Gasteiger partial charge in [0.15, 0.2) is 0 Å². The molecule has 0 aromatic heterocycles. The lowest BCUT2D eigenvalue weighted by Crippen LogP contribution is -2.15. The molecular weight excluding hydrogens is 310 g/mol. The van der Waals surface area contributed by atoms with Gasteiger partial charge in [0, 0.05) is 12.2 Å². The zero-order valence-corrected chi connectivity index (χ0v) is 16.0.